The minimum Gasteiger partial charge on any atom is -0.487 e. The van der Waals surface area contributed by atoms with E-state index >= 15 is 0 Å². The van der Waals surface area contributed by atoms with Gasteiger partial charge in [-0.15, -0.1) is 0 Å². The molecule has 0 spiro atoms. The lowest BCUT2D eigenvalue weighted by atomic mass is 9.76. The summed E-state index contributed by atoms with van der Waals surface area (Å²) in [6, 6.07) is 7.15. The molecule has 0 aromatic heterocycles. The first-order valence-electron chi connectivity index (χ1n) is 12.2. The Morgan fingerprint density at radius 3 is 1.32 bits per heavy atom. The molecular weight excluding hydrogens is 476 g/mol. The summed E-state index contributed by atoms with van der Waals surface area (Å²) in [6.45, 7) is 13.9. The smallest absolute Gasteiger partial charge is 0.189 e. The van der Waals surface area contributed by atoms with E-state index in [1.165, 1.54) is 12.2 Å². The zero-order chi connectivity index (χ0) is 26.4. The first-order chi connectivity index (χ1) is 17.9. The fourth-order valence-corrected chi connectivity index (χ4v) is 4.45. The Hall–Kier alpha value is -3.62. The molecule has 8 nitrogen and oxygen atoms in total. The van der Waals surface area contributed by atoms with Crippen molar-refractivity contribution >= 4 is 11.6 Å². The SMILES string of the molecule is C=CC(=O)c1ccc(C(C)(C)c2ccc(C(=O)C=C)c3c2OCCOCCO3)c2c1OCCOCCO2. The van der Waals surface area contributed by atoms with Crippen LogP contribution in [0.3, 0.4) is 0 Å². The molecule has 0 N–H and O–H groups in total. The zero-order valence-corrected chi connectivity index (χ0v) is 21.3. The van der Waals surface area contributed by atoms with Crippen molar-refractivity contribution in [3.8, 4) is 23.0 Å². The highest BCUT2D eigenvalue weighted by Gasteiger charge is 2.36. The van der Waals surface area contributed by atoms with Gasteiger partial charge in [0.05, 0.1) is 37.6 Å². The van der Waals surface area contributed by atoms with Crippen molar-refractivity contribution < 1.29 is 38.0 Å². The lowest BCUT2D eigenvalue weighted by molar-refractivity contribution is 0.0869. The van der Waals surface area contributed by atoms with Crippen LogP contribution in [0.15, 0.2) is 49.6 Å². The molecule has 0 saturated carbocycles. The molecule has 0 amide bonds. The fraction of sp³-hybridized carbons (Fsp3) is 0.379. The normalized spacial score (nSPS) is 16.1. The largest absolute Gasteiger partial charge is 0.487 e. The van der Waals surface area contributed by atoms with Crippen LogP contribution in [0.5, 0.6) is 23.0 Å². The molecule has 196 valence electrons. The number of rotatable bonds is 6. The molecule has 2 heterocycles. The van der Waals surface area contributed by atoms with E-state index in [9.17, 15) is 9.59 Å². The highest BCUT2D eigenvalue weighted by Crippen LogP contribution is 2.49. The van der Waals surface area contributed by atoms with Gasteiger partial charge in [-0.25, -0.2) is 0 Å². The third-order valence-electron chi connectivity index (χ3n) is 6.37. The molecule has 8 heteroatoms. The first kappa shape index (κ1) is 26.4. The minimum absolute atomic E-state index is 0.266. The second kappa shape index (κ2) is 11.6. The number of allylic oxidation sites excluding steroid dienone is 2. The Balaban J connectivity index is 1.93. The molecule has 37 heavy (non-hydrogen) atoms. The van der Waals surface area contributed by atoms with Crippen LogP contribution in [0, 0.1) is 0 Å². The van der Waals surface area contributed by atoms with E-state index in [4.69, 9.17) is 28.4 Å². The summed E-state index contributed by atoms with van der Waals surface area (Å²) in [5.74, 6) is 1.07. The second-order valence-corrected chi connectivity index (χ2v) is 9.02. The first-order valence-corrected chi connectivity index (χ1v) is 12.2. The average Bonchev–Trinajstić information content (AvgIpc) is 3.11. The van der Waals surface area contributed by atoms with Crippen molar-refractivity contribution in [1.82, 2.24) is 0 Å². The summed E-state index contributed by atoms with van der Waals surface area (Å²) in [4.78, 5) is 25.3. The van der Waals surface area contributed by atoms with Crippen molar-refractivity contribution in [2.24, 2.45) is 0 Å². The summed E-state index contributed by atoms with van der Waals surface area (Å²) >= 11 is 0. The number of carbonyl (C=O) groups excluding carboxylic acids is 2. The van der Waals surface area contributed by atoms with Gasteiger partial charge in [-0.2, -0.15) is 0 Å². The quantitative estimate of drug-likeness (QED) is 0.421. The molecule has 0 atom stereocenters. The molecular formula is C29H32O8. The van der Waals surface area contributed by atoms with E-state index in [2.05, 4.69) is 13.2 Å². The van der Waals surface area contributed by atoms with Crippen LogP contribution in [0.1, 0.15) is 45.7 Å². The van der Waals surface area contributed by atoms with E-state index < -0.39 is 5.41 Å². The molecule has 0 aliphatic carbocycles. The van der Waals surface area contributed by atoms with Crippen LogP contribution in [0.25, 0.3) is 0 Å². The molecule has 0 radical (unpaired) electrons. The number of carbonyl (C=O) groups is 2. The van der Waals surface area contributed by atoms with Gasteiger partial charge in [-0.1, -0.05) is 39.1 Å². The third-order valence-corrected chi connectivity index (χ3v) is 6.37. The number of fused-ring (bicyclic) bond motifs is 2. The van der Waals surface area contributed by atoms with Gasteiger partial charge < -0.3 is 28.4 Å². The minimum atomic E-state index is -0.726. The van der Waals surface area contributed by atoms with E-state index in [1.807, 2.05) is 26.0 Å². The summed E-state index contributed by atoms with van der Waals surface area (Å²) in [5.41, 5.74) is 1.55. The Kier molecular flexibility index (Phi) is 8.31. The third kappa shape index (κ3) is 5.40. The van der Waals surface area contributed by atoms with Gasteiger partial charge in [0.25, 0.3) is 0 Å². The maximum Gasteiger partial charge on any atom is 0.189 e. The average molecular weight is 509 g/mol. The van der Waals surface area contributed by atoms with Crippen molar-refractivity contribution in [2.45, 2.75) is 19.3 Å². The molecule has 4 rings (SSSR count). The Morgan fingerprint density at radius 2 is 0.973 bits per heavy atom. The molecule has 2 aliphatic rings. The summed E-state index contributed by atoms with van der Waals surface area (Å²) < 4.78 is 35.5. The number of hydrogen-bond donors (Lipinski definition) is 0. The van der Waals surface area contributed by atoms with Gasteiger partial charge >= 0.3 is 0 Å². The fourth-order valence-electron chi connectivity index (χ4n) is 4.45. The summed E-state index contributed by atoms with van der Waals surface area (Å²) in [6.07, 6.45) is 2.50. The summed E-state index contributed by atoms with van der Waals surface area (Å²) in [7, 11) is 0. The monoisotopic (exact) mass is 508 g/mol. The van der Waals surface area contributed by atoms with Crippen LogP contribution in [0.2, 0.25) is 0 Å². The molecule has 0 bridgehead atoms. The van der Waals surface area contributed by atoms with Crippen molar-refractivity contribution in [2.75, 3.05) is 52.9 Å². The van der Waals surface area contributed by atoms with Gasteiger partial charge in [0, 0.05) is 16.5 Å². The van der Waals surface area contributed by atoms with Crippen LogP contribution in [0.4, 0.5) is 0 Å². The van der Waals surface area contributed by atoms with E-state index in [1.54, 1.807) is 12.1 Å². The van der Waals surface area contributed by atoms with Gasteiger partial charge in [-0.3, -0.25) is 9.59 Å². The van der Waals surface area contributed by atoms with E-state index in [-0.39, 0.29) is 38.0 Å². The Bertz CT molecular complexity index is 1110. The highest BCUT2D eigenvalue weighted by atomic mass is 16.6. The van der Waals surface area contributed by atoms with Gasteiger partial charge in [0.2, 0.25) is 0 Å². The van der Waals surface area contributed by atoms with Gasteiger partial charge in [0.1, 0.15) is 26.4 Å². The highest BCUT2D eigenvalue weighted by molar-refractivity contribution is 6.07. The topological polar surface area (TPSA) is 89.5 Å². The molecule has 2 aromatic carbocycles. The molecule has 0 saturated heterocycles. The predicted octanol–water partition coefficient (Wildman–Crippen LogP) is 4.33. The van der Waals surface area contributed by atoms with Gasteiger partial charge in [0.15, 0.2) is 34.6 Å². The van der Waals surface area contributed by atoms with Gasteiger partial charge in [-0.05, 0) is 24.3 Å². The van der Waals surface area contributed by atoms with Crippen LogP contribution in [-0.2, 0) is 14.9 Å². The number of ketones is 2. The van der Waals surface area contributed by atoms with E-state index in [0.717, 1.165) is 11.1 Å². The van der Waals surface area contributed by atoms with Crippen molar-refractivity contribution in [3.63, 3.8) is 0 Å². The van der Waals surface area contributed by atoms with Crippen LogP contribution < -0.4 is 18.9 Å². The predicted molar refractivity (Wildman–Crippen MR) is 138 cm³/mol. The Morgan fingerprint density at radius 1 is 0.622 bits per heavy atom. The lowest BCUT2D eigenvalue weighted by Gasteiger charge is -2.32. The lowest BCUT2D eigenvalue weighted by Crippen LogP contribution is -2.24. The zero-order valence-electron chi connectivity index (χ0n) is 21.3. The van der Waals surface area contributed by atoms with Crippen molar-refractivity contribution in [3.05, 3.63) is 71.8 Å². The number of ether oxygens (including phenoxy) is 6. The molecule has 0 fully saturated rings. The maximum absolute atomic E-state index is 12.7. The maximum atomic E-state index is 12.7. The van der Waals surface area contributed by atoms with Crippen LogP contribution >= 0.6 is 0 Å². The molecule has 2 aliphatic heterocycles. The summed E-state index contributed by atoms with van der Waals surface area (Å²) in [5, 5.41) is 0. The van der Waals surface area contributed by atoms with Crippen LogP contribution in [-0.4, -0.2) is 64.4 Å². The standard InChI is InChI=1S/C29H32O8/c1-5-23(30)19-7-9-21(27-25(19)34-15-11-32-13-17-36-27)29(3,4)22-10-8-20(24(31)6-2)26-28(22)37-18-14-33-12-16-35-26/h5-10H,1-2,11-18H2,3-4H3. The molecule has 0 unspecified atom stereocenters. The van der Waals surface area contributed by atoms with E-state index in [0.29, 0.717) is 60.6 Å². The van der Waals surface area contributed by atoms with Crippen molar-refractivity contribution in [1.29, 1.82) is 0 Å². The molecule has 2 aromatic rings. The second-order valence-electron chi connectivity index (χ2n) is 9.02. The number of hydrogen-bond acceptors (Lipinski definition) is 8. The Labute approximate surface area is 216 Å². The number of benzene rings is 2.